The SMILES string of the molecule is Cc1cscc1Cn1c(CCl)nc2cccc(Cl)c21. The van der Waals surface area contributed by atoms with E-state index >= 15 is 0 Å². The third-order valence-electron chi connectivity index (χ3n) is 3.21. The Kier molecular flexibility index (Phi) is 3.52. The molecule has 3 rings (SSSR count). The minimum absolute atomic E-state index is 0.383. The van der Waals surface area contributed by atoms with Crippen molar-refractivity contribution in [2.75, 3.05) is 0 Å². The summed E-state index contributed by atoms with van der Waals surface area (Å²) in [5.41, 5.74) is 4.44. The molecule has 0 unspecified atom stereocenters. The molecule has 0 saturated carbocycles. The van der Waals surface area contributed by atoms with Gasteiger partial charge in [0.2, 0.25) is 0 Å². The lowest BCUT2D eigenvalue weighted by molar-refractivity contribution is 0.777. The van der Waals surface area contributed by atoms with Crippen molar-refractivity contribution < 1.29 is 0 Å². The van der Waals surface area contributed by atoms with Gasteiger partial charge in [-0.1, -0.05) is 17.7 Å². The first-order valence-electron chi connectivity index (χ1n) is 5.92. The monoisotopic (exact) mass is 310 g/mol. The minimum atomic E-state index is 0.383. The van der Waals surface area contributed by atoms with E-state index in [9.17, 15) is 0 Å². The maximum Gasteiger partial charge on any atom is 0.125 e. The summed E-state index contributed by atoms with van der Waals surface area (Å²) in [6.07, 6.45) is 0. The second-order valence-electron chi connectivity index (χ2n) is 4.44. The van der Waals surface area contributed by atoms with E-state index in [1.165, 1.54) is 11.1 Å². The first-order valence-corrected chi connectivity index (χ1v) is 7.77. The zero-order chi connectivity index (χ0) is 13.4. The second kappa shape index (κ2) is 5.16. The van der Waals surface area contributed by atoms with E-state index in [2.05, 4.69) is 27.2 Å². The van der Waals surface area contributed by atoms with Crippen LogP contribution in [0.4, 0.5) is 0 Å². The van der Waals surface area contributed by atoms with Gasteiger partial charge in [0, 0.05) is 0 Å². The number of hydrogen-bond donors (Lipinski definition) is 0. The van der Waals surface area contributed by atoms with Crippen LogP contribution in [0.5, 0.6) is 0 Å². The number of para-hydroxylation sites is 1. The van der Waals surface area contributed by atoms with Gasteiger partial charge in [-0.05, 0) is 40.9 Å². The number of nitrogens with zero attached hydrogens (tertiary/aromatic N) is 2. The standard InChI is InChI=1S/C14H12Cl2N2S/c1-9-7-19-8-10(9)6-18-13(5-15)17-12-4-2-3-11(16)14(12)18/h2-4,7-8H,5-6H2,1H3. The quantitative estimate of drug-likeness (QED) is 0.632. The normalized spacial score (nSPS) is 11.3. The van der Waals surface area contributed by atoms with Crippen LogP contribution in [0.3, 0.4) is 0 Å². The van der Waals surface area contributed by atoms with Crippen molar-refractivity contribution in [3.05, 3.63) is 50.9 Å². The van der Waals surface area contributed by atoms with Crippen LogP contribution in [0.15, 0.2) is 29.0 Å². The zero-order valence-electron chi connectivity index (χ0n) is 10.4. The third-order valence-corrected chi connectivity index (χ3v) is 4.66. The number of thiophene rings is 1. The van der Waals surface area contributed by atoms with Gasteiger partial charge in [0.25, 0.3) is 0 Å². The van der Waals surface area contributed by atoms with E-state index in [0.29, 0.717) is 10.9 Å². The molecule has 3 aromatic rings. The largest absolute Gasteiger partial charge is 0.321 e. The lowest BCUT2D eigenvalue weighted by Crippen LogP contribution is -2.04. The lowest BCUT2D eigenvalue weighted by Gasteiger charge is -2.08. The van der Waals surface area contributed by atoms with Gasteiger partial charge in [0.05, 0.1) is 28.5 Å². The molecule has 2 nitrogen and oxygen atoms in total. The number of hydrogen-bond acceptors (Lipinski definition) is 2. The van der Waals surface area contributed by atoms with Crippen molar-refractivity contribution in [3.8, 4) is 0 Å². The number of rotatable bonds is 3. The summed E-state index contributed by atoms with van der Waals surface area (Å²) >= 11 is 14.0. The highest BCUT2D eigenvalue weighted by Crippen LogP contribution is 2.27. The molecular formula is C14H12Cl2N2S. The van der Waals surface area contributed by atoms with E-state index in [-0.39, 0.29) is 0 Å². The van der Waals surface area contributed by atoms with E-state index in [1.807, 2.05) is 18.2 Å². The van der Waals surface area contributed by atoms with Crippen molar-refractivity contribution in [3.63, 3.8) is 0 Å². The number of fused-ring (bicyclic) bond motifs is 1. The van der Waals surface area contributed by atoms with E-state index < -0.39 is 0 Å². The Balaban J connectivity index is 2.18. The first-order chi connectivity index (χ1) is 9.20. The average Bonchev–Trinajstić information content (AvgIpc) is 2.96. The van der Waals surface area contributed by atoms with Crippen LogP contribution in [0.25, 0.3) is 11.0 Å². The third kappa shape index (κ3) is 2.27. The molecule has 0 aliphatic carbocycles. The highest BCUT2D eigenvalue weighted by Gasteiger charge is 2.13. The molecule has 0 radical (unpaired) electrons. The van der Waals surface area contributed by atoms with E-state index in [0.717, 1.165) is 23.4 Å². The van der Waals surface area contributed by atoms with E-state index in [1.54, 1.807) is 11.3 Å². The number of aryl methyl sites for hydroxylation is 1. The van der Waals surface area contributed by atoms with Gasteiger partial charge in [-0.3, -0.25) is 0 Å². The summed E-state index contributed by atoms with van der Waals surface area (Å²) in [7, 11) is 0. The molecule has 0 spiro atoms. The Morgan fingerprint density at radius 3 is 2.84 bits per heavy atom. The Hall–Kier alpha value is -1.03. The van der Waals surface area contributed by atoms with Gasteiger partial charge in [-0.25, -0.2) is 4.98 Å². The van der Waals surface area contributed by atoms with Gasteiger partial charge in [0.1, 0.15) is 5.82 Å². The Bertz CT molecular complexity index is 730. The van der Waals surface area contributed by atoms with Gasteiger partial charge < -0.3 is 4.57 Å². The van der Waals surface area contributed by atoms with Gasteiger partial charge in [0.15, 0.2) is 0 Å². The van der Waals surface area contributed by atoms with Crippen LogP contribution >= 0.6 is 34.5 Å². The van der Waals surface area contributed by atoms with Crippen LogP contribution < -0.4 is 0 Å². The van der Waals surface area contributed by atoms with Crippen LogP contribution in [-0.4, -0.2) is 9.55 Å². The fourth-order valence-electron chi connectivity index (χ4n) is 2.18. The molecule has 2 aromatic heterocycles. The second-order valence-corrected chi connectivity index (χ2v) is 5.85. The zero-order valence-corrected chi connectivity index (χ0v) is 12.7. The molecule has 0 aliphatic rings. The van der Waals surface area contributed by atoms with Gasteiger partial charge in [-0.2, -0.15) is 11.3 Å². The number of benzene rings is 1. The average molecular weight is 311 g/mol. The first kappa shape index (κ1) is 13.0. The molecule has 0 amide bonds. The summed E-state index contributed by atoms with van der Waals surface area (Å²) in [5.74, 6) is 1.24. The molecule has 0 atom stereocenters. The summed E-state index contributed by atoms with van der Waals surface area (Å²) in [5, 5.41) is 5.03. The number of aromatic nitrogens is 2. The molecule has 98 valence electrons. The van der Waals surface area contributed by atoms with Crippen molar-refractivity contribution in [1.29, 1.82) is 0 Å². The molecule has 0 saturated heterocycles. The van der Waals surface area contributed by atoms with Gasteiger partial charge >= 0.3 is 0 Å². The van der Waals surface area contributed by atoms with Crippen LogP contribution in [0.1, 0.15) is 17.0 Å². The predicted octanol–water partition coefficient (Wildman–Crippen LogP) is 4.85. The molecule has 1 aromatic carbocycles. The minimum Gasteiger partial charge on any atom is -0.321 e. The molecule has 0 aliphatic heterocycles. The molecule has 0 bridgehead atoms. The molecule has 19 heavy (non-hydrogen) atoms. The fraction of sp³-hybridized carbons (Fsp3) is 0.214. The molecule has 0 N–H and O–H groups in total. The van der Waals surface area contributed by atoms with Crippen molar-refractivity contribution >= 4 is 45.6 Å². The highest BCUT2D eigenvalue weighted by molar-refractivity contribution is 7.08. The van der Waals surface area contributed by atoms with Crippen molar-refractivity contribution in [2.45, 2.75) is 19.3 Å². The number of imidazole rings is 1. The smallest absolute Gasteiger partial charge is 0.125 e. The predicted molar refractivity (Wildman–Crippen MR) is 82.5 cm³/mol. The Labute approximate surface area is 125 Å². The van der Waals surface area contributed by atoms with Gasteiger partial charge in [-0.15, -0.1) is 11.6 Å². The Morgan fingerprint density at radius 2 is 2.16 bits per heavy atom. The summed E-state index contributed by atoms with van der Waals surface area (Å²) in [6, 6.07) is 5.77. The Morgan fingerprint density at radius 1 is 1.32 bits per heavy atom. The maximum atomic E-state index is 6.31. The van der Waals surface area contributed by atoms with Crippen LogP contribution in [0, 0.1) is 6.92 Å². The number of halogens is 2. The number of alkyl halides is 1. The lowest BCUT2D eigenvalue weighted by atomic mass is 10.2. The summed E-state index contributed by atoms with van der Waals surface area (Å²) in [4.78, 5) is 4.55. The van der Waals surface area contributed by atoms with Crippen LogP contribution in [0.2, 0.25) is 5.02 Å². The molecule has 0 fully saturated rings. The molecular weight excluding hydrogens is 299 g/mol. The molecule has 2 heterocycles. The molecule has 5 heteroatoms. The fourth-order valence-corrected chi connectivity index (χ4v) is 3.51. The summed E-state index contributed by atoms with van der Waals surface area (Å²) in [6.45, 7) is 2.88. The van der Waals surface area contributed by atoms with Crippen LogP contribution in [-0.2, 0) is 12.4 Å². The van der Waals surface area contributed by atoms with Crippen molar-refractivity contribution in [1.82, 2.24) is 9.55 Å². The topological polar surface area (TPSA) is 17.8 Å². The van der Waals surface area contributed by atoms with E-state index in [4.69, 9.17) is 23.2 Å². The maximum absolute atomic E-state index is 6.31. The summed E-state index contributed by atoms with van der Waals surface area (Å²) < 4.78 is 2.11. The highest BCUT2D eigenvalue weighted by atomic mass is 35.5. The van der Waals surface area contributed by atoms with Crippen molar-refractivity contribution in [2.24, 2.45) is 0 Å².